The molecule has 1 aliphatic carbocycles. The third-order valence-electron chi connectivity index (χ3n) is 5.83. The van der Waals surface area contributed by atoms with Crippen molar-refractivity contribution in [2.75, 3.05) is 19.6 Å². The summed E-state index contributed by atoms with van der Waals surface area (Å²) in [5.74, 6) is 0.346. The first-order valence-corrected chi connectivity index (χ1v) is 10.4. The Morgan fingerprint density at radius 3 is 2.56 bits per heavy atom. The number of carbonyl (C=O) groups excluding carboxylic acids is 2. The number of sulfonamides is 1. The van der Waals surface area contributed by atoms with Gasteiger partial charge in [-0.25, -0.2) is 12.7 Å². The van der Waals surface area contributed by atoms with E-state index < -0.39 is 22.5 Å². The van der Waals surface area contributed by atoms with E-state index in [1.807, 2.05) is 0 Å². The minimum absolute atomic E-state index is 0.00112. The maximum absolute atomic E-state index is 12.7. The Hall–Kier alpha value is -1.89. The zero-order chi connectivity index (χ0) is 17.6. The monoisotopic (exact) mass is 362 g/mol. The second kappa shape index (κ2) is 6.12. The number of likely N-dealkylation sites (tertiary alicyclic amines) is 1. The molecule has 25 heavy (non-hydrogen) atoms. The van der Waals surface area contributed by atoms with E-state index in [0.717, 1.165) is 17.1 Å². The van der Waals surface area contributed by atoms with Crippen molar-refractivity contribution in [3.8, 4) is 0 Å². The van der Waals surface area contributed by atoms with Crippen LogP contribution in [0, 0.1) is 11.8 Å². The Balaban J connectivity index is 1.49. The van der Waals surface area contributed by atoms with E-state index in [-0.39, 0.29) is 16.4 Å². The van der Waals surface area contributed by atoms with Gasteiger partial charge in [0.1, 0.15) is 11.4 Å². The molecule has 0 aromatic heterocycles. The van der Waals surface area contributed by atoms with Crippen molar-refractivity contribution in [1.82, 2.24) is 9.21 Å². The Bertz CT molecular complexity index is 820. The fraction of sp³-hybridized carbons (Fsp3) is 0.556. The maximum Gasteiger partial charge on any atom is 0.269 e. The summed E-state index contributed by atoms with van der Waals surface area (Å²) in [6.45, 7) is 0.959. The van der Waals surface area contributed by atoms with E-state index in [9.17, 15) is 18.0 Å². The summed E-state index contributed by atoms with van der Waals surface area (Å²) >= 11 is 0. The van der Waals surface area contributed by atoms with Crippen LogP contribution in [0.25, 0.3) is 0 Å². The molecule has 7 heteroatoms. The molecule has 2 atom stereocenters. The predicted molar refractivity (Wildman–Crippen MR) is 91.3 cm³/mol. The molecule has 0 radical (unpaired) electrons. The molecule has 2 aliphatic heterocycles. The fourth-order valence-corrected chi connectivity index (χ4v) is 5.96. The van der Waals surface area contributed by atoms with Gasteiger partial charge < -0.3 is 4.90 Å². The molecule has 2 fully saturated rings. The molecule has 0 N–H and O–H groups in total. The molecule has 0 unspecified atom stereocenters. The lowest BCUT2D eigenvalue weighted by molar-refractivity contribution is -0.134. The van der Waals surface area contributed by atoms with Crippen molar-refractivity contribution in [2.24, 2.45) is 11.8 Å². The summed E-state index contributed by atoms with van der Waals surface area (Å²) in [5.41, 5.74) is 0.154. The zero-order valence-corrected chi connectivity index (χ0v) is 14.9. The highest BCUT2D eigenvalue weighted by molar-refractivity contribution is 7.90. The minimum Gasteiger partial charge on any atom is -0.341 e. The summed E-state index contributed by atoms with van der Waals surface area (Å²) < 4.78 is 25.9. The average molecular weight is 362 g/mol. The molecule has 1 saturated carbocycles. The lowest BCUT2D eigenvalue weighted by Gasteiger charge is -2.41. The van der Waals surface area contributed by atoms with Crippen molar-refractivity contribution >= 4 is 21.8 Å². The molecule has 0 spiro atoms. The number of piperidine rings is 1. The molecule has 4 rings (SSSR count). The van der Waals surface area contributed by atoms with Gasteiger partial charge in [-0.1, -0.05) is 31.4 Å². The van der Waals surface area contributed by atoms with Gasteiger partial charge in [0.25, 0.3) is 15.9 Å². The van der Waals surface area contributed by atoms with E-state index in [4.69, 9.17) is 0 Å². The van der Waals surface area contributed by atoms with Gasteiger partial charge in [-0.3, -0.25) is 9.59 Å². The smallest absolute Gasteiger partial charge is 0.269 e. The lowest BCUT2D eigenvalue weighted by Crippen LogP contribution is -2.49. The highest BCUT2D eigenvalue weighted by Gasteiger charge is 2.43. The molecular weight excluding hydrogens is 340 g/mol. The first-order chi connectivity index (χ1) is 12.0. The van der Waals surface area contributed by atoms with Gasteiger partial charge in [0, 0.05) is 13.1 Å². The number of hydrogen-bond acceptors (Lipinski definition) is 4. The van der Waals surface area contributed by atoms with Crippen molar-refractivity contribution < 1.29 is 18.0 Å². The fourth-order valence-electron chi connectivity index (χ4n) is 4.44. The third kappa shape index (κ3) is 2.74. The molecule has 0 bridgehead atoms. The highest BCUT2D eigenvalue weighted by Crippen LogP contribution is 2.36. The van der Waals surface area contributed by atoms with Gasteiger partial charge >= 0.3 is 0 Å². The first-order valence-electron chi connectivity index (χ1n) is 8.92. The van der Waals surface area contributed by atoms with Crippen LogP contribution in [-0.4, -0.2) is 49.1 Å². The summed E-state index contributed by atoms with van der Waals surface area (Å²) in [6.07, 6.45) is 5.84. The third-order valence-corrected chi connectivity index (χ3v) is 7.62. The van der Waals surface area contributed by atoms with Gasteiger partial charge in [-0.05, 0) is 36.8 Å². The molecule has 3 aliphatic rings. The van der Waals surface area contributed by atoms with Crippen LogP contribution in [-0.2, 0) is 14.8 Å². The summed E-state index contributed by atoms with van der Waals surface area (Å²) in [6, 6.07) is 6.13. The van der Waals surface area contributed by atoms with Crippen LogP contribution >= 0.6 is 0 Å². The van der Waals surface area contributed by atoms with Gasteiger partial charge in [-0.2, -0.15) is 0 Å². The second-order valence-corrected chi connectivity index (χ2v) is 9.08. The van der Waals surface area contributed by atoms with Crippen LogP contribution in [0.15, 0.2) is 29.2 Å². The largest absolute Gasteiger partial charge is 0.341 e. The number of nitrogens with zero attached hydrogens (tertiary/aromatic N) is 2. The van der Waals surface area contributed by atoms with E-state index in [2.05, 4.69) is 0 Å². The van der Waals surface area contributed by atoms with Gasteiger partial charge in [0.05, 0.1) is 5.56 Å². The van der Waals surface area contributed by atoms with Crippen LogP contribution in [0.5, 0.6) is 0 Å². The number of hydrogen-bond donors (Lipinski definition) is 0. The zero-order valence-electron chi connectivity index (χ0n) is 14.1. The number of amides is 2. The van der Waals surface area contributed by atoms with Crippen molar-refractivity contribution in [3.05, 3.63) is 29.8 Å². The molecule has 1 saturated heterocycles. The number of fused-ring (bicyclic) bond motifs is 2. The summed E-state index contributed by atoms with van der Waals surface area (Å²) in [7, 11) is -3.92. The second-order valence-electron chi connectivity index (χ2n) is 7.25. The number of rotatable bonds is 2. The first kappa shape index (κ1) is 16.6. The van der Waals surface area contributed by atoms with Crippen molar-refractivity contribution in [1.29, 1.82) is 0 Å². The Labute approximate surface area is 147 Å². The Morgan fingerprint density at radius 1 is 1.08 bits per heavy atom. The topological polar surface area (TPSA) is 74.8 Å². The number of carbonyl (C=O) groups is 2. The maximum atomic E-state index is 12.7. The quantitative estimate of drug-likeness (QED) is 0.805. The molecule has 134 valence electrons. The Morgan fingerprint density at radius 2 is 1.80 bits per heavy atom. The van der Waals surface area contributed by atoms with Gasteiger partial charge in [0.15, 0.2) is 0 Å². The van der Waals surface area contributed by atoms with Crippen LogP contribution in [0.4, 0.5) is 0 Å². The van der Waals surface area contributed by atoms with Crippen molar-refractivity contribution in [2.45, 2.75) is 37.0 Å². The molecule has 2 amide bonds. The summed E-state index contributed by atoms with van der Waals surface area (Å²) in [4.78, 5) is 26.9. The Kier molecular flexibility index (Phi) is 4.06. The normalized spacial score (nSPS) is 27.8. The van der Waals surface area contributed by atoms with Gasteiger partial charge in [-0.15, -0.1) is 0 Å². The van der Waals surface area contributed by atoms with E-state index in [1.54, 1.807) is 17.0 Å². The van der Waals surface area contributed by atoms with Crippen LogP contribution in [0.3, 0.4) is 0 Å². The standard InChI is InChI=1S/C18H22N2O4S/c21-17(19-10-9-13-5-1-2-6-14(13)11-19)12-20-18(22)15-7-3-4-8-16(15)25(20,23)24/h3-4,7-8,13-14H,1-2,5-6,9-12H2/t13-,14+/m1/s1. The van der Waals surface area contributed by atoms with E-state index in [0.29, 0.717) is 24.9 Å². The molecular formula is C18H22N2O4S. The molecule has 2 heterocycles. The van der Waals surface area contributed by atoms with E-state index in [1.165, 1.54) is 31.4 Å². The van der Waals surface area contributed by atoms with Crippen LogP contribution in [0.2, 0.25) is 0 Å². The predicted octanol–water partition coefficient (Wildman–Crippen LogP) is 1.87. The number of benzene rings is 1. The van der Waals surface area contributed by atoms with E-state index >= 15 is 0 Å². The lowest BCUT2D eigenvalue weighted by atomic mass is 9.75. The SMILES string of the molecule is O=C(CN1C(=O)c2ccccc2S1(=O)=O)N1CC[C@H]2CCCC[C@H]2C1. The highest BCUT2D eigenvalue weighted by atomic mass is 32.2. The average Bonchev–Trinajstić information content (AvgIpc) is 2.82. The molecule has 1 aromatic carbocycles. The molecule has 1 aromatic rings. The van der Waals surface area contributed by atoms with Gasteiger partial charge in [0.2, 0.25) is 5.91 Å². The van der Waals surface area contributed by atoms with Crippen molar-refractivity contribution in [3.63, 3.8) is 0 Å². The summed E-state index contributed by atoms with van der Waals surface area (Å²) in [5, 5.41) is 0. The van der Waals surface area contributed by atoms with Crippen LogP contribution < -0.4 is 0 Å². The van der Waals surface area contributed by atoms with Crippen LogP contribution in [0.1, 0.15) is 42.5 Å². The molecule has 6 nitrogen and oxygen atoms in total. The minimum atomic E-state index is -3.92.